The van der Waals surface area contributed by atoms with Crippen molar-refractivity contribution in [1.29, 1.82) is 0 Å². The van der Waals surface area contributed by atoms with Gasteiger partial charge in [0.1, 0.15) is 0 Å². The van der Waals surface area contributed by atoms with Crippen molar-refractivity contribution in [2.24, 2.45) is 47.3 Å². The van der Waals surface area contributed by atoms with E-state index in [4.69, 9.17) is 0 Å². The highest BCUT2D eigenvalue weighted by Crippen LogP contribution is 2.43. The lowest BCUT2D eigenvalue weighted by Crippen LogP contribution is -2.25. The topological polar surface area (TPSA) is 0 Å². The predicted molar refractivity (Wildman–Crippen MR) is 150 cm³/mol. The first kappa shape index (κ1) is 26.5. The molecule has 0 heterocycles. The van der Waals surface area contributed by atoms with Gasteiger partial charge >= 0.3 is 0 Å². The summed E-state index contributed by atoms with van der Waals surface area (Å²) in [7, 11) is 0. The molecule has 0 bridgehead atoms. The minimum Gasteiger partial charge on any atom is -0.0848 e. The SMILES string of the molecule is CCCCCC1CCC(C2CCC(/C=C/C3C=CC(C4CCC(CCC)CC4)CC3)CC2)CC1. The predicted octanol–water partition coefficient (Wildman–Crippen LogP) is 10.9. The molecule has 3 saturated carbocycles. The molecule has 0 aromatic carbocycles. The molecule has 4 aliphatic carbocycles. The van der Waals surface area contributed by atoms with Crippen LogP contribution in [0.2, 0.25) is 0 Å². The van der Waals surface area contributed by atoms with Gasteiger partial charge < -0.3 is 0 Å². The lowest BCUT2D eigenvalue weighted by molar-refractivity contribution is 0.151. The van der Waals surface area contributed by atoms with Gasteiger partial charge in [0.2, 0.25) is 0 Å². The zero-order valence-electron chi connectivity index (χ0n) is 23.1. The Hall–Kier alpha value is -0.520. The Morgan fingerprint density at radius 2 is 1.15 bits per heavy atom. The number of allylic oxidation sites excluding steroid dienone is 4. The minimum atomic E-state index is 0.730. The van der Waals surface area contributed by atoms with Crippen molar-refractivity contribution in [3.8, 4) is 0 Å². The van der Waals surface area contributed by atoms with Crippen molar-refractivity contribution in [2.45, 2.75) is 142 Å². The second kappa shape index (κ2) is 14.3. The molecule has 0 spiro atoms. The third-order valence-corrected chi connectivity index (χ3v) is 10.9. The molecule has 3 fully saturated rings. The monoisotopic (exact) mass is 466 g/mol. The number of hydrogen-bond acceptors (Lipinski definition) is 0. The highest BCUT2D eigenvalue weighted by molar-refractivity contribution is 5.08. The van der Waals surface area contributed by atoms with Crippen LogP contribution in [-0.4, -0.2) is 0 Å². The fourth-order valence-corrected chi connectivity index (χ4v) is 8.47. The molecule has 4 rings (SSSR count). The molecule has 0 heteroatoms. The molecule has 0 radical (unpaired) electrons. The van der Waals surface area contributed by atoms with Crippen LogP contribution in [0.5, 0.6) is 0 Å². The summed E-state index contributed by atoms with van der Waals surface area (Å²) >= 11 is 0. The molecule has 0 nitrogen and oxygen atoms in total. The van der Waals surface area contributed by atoms with Gasteiger partial charge in [0.25, 0.3) is 0 Å². The molecule has 0 amide bonds. The smallest absolute Gasteiger partial charge is 0.00531 e. The highest BCUT2D eigenvalue weighted by Gasteiger charge is 2.31. The second-order valence-electron chi connectivity index (χ2n) is 13.2. The van der Waals surface area contributed by atoms with Crippen LogP contribution in [0.1, 0.15) is 142 Å². The van der Waals surface area contributed by atoms with Crippen LogP contribution >= 0.6 is 0 Å². The summed E-state index contributed by atoms with van der Waals surface area (Å²) in [5.74, 6) is 7.74. The number of rotatable bonds is 10. The third-order valence-electron chi connectivity index (χ3n) is 10.9. The summed E-state index contributed by atoms with van der Waals surface area (Å²) in [6.45, 7) is 4.69. The van der Waals surface area contributed by atoms with Gasteiger partial charge in [-0.25, -0.2) is 0 Å². The van der Waals surface area contributed by atoms with Crippen molar-refractivity contribution < 1.29 is 0 Å². The first-order valence-corrected chi connectivity index (χ1v) is 16.1. The van der Waals surface area contributed by atoms with E-state index in [1.54, 1.807) is 25.7 Å². The van der Waals surface area contributed by atoms with Gasteiger partial charge in [0, 0.05) is 0 Å². The largest absolute Gasteiger partial charge is 0.0848 e. The van der Waals surface area contributed by atoms with E-state index in [0.717, 1.165) is 47.3 Å². The summed E-state index contributed by atoms with van der Waals surface area (Å²) in [6.07, 6.45) is 40.2. The Labute approximate surface area is 213 Å². The van der Waals surface area contributed by atoms with E-state index < -0.39 is 0 Å². The molecule has 34 heavy (non-hydrogen) atoms. The zero-order valence-corrected chi connectivity index (χ0v) is 23.1. The van der Waals surface area contributed by atoms with Gasteiger partial charge in [-0.3, -0.25) is 0 Å². The van der Waals surface area contributed by atoms with E-state index in [9.17, 15) is 0 Å². The Kier molecular flexibility index (Phi) is 11.1. The quantitative estimate of drug-likeness (QED) is 0.222. The summed E-state index contributed by atoms with van der Waals surface area (Å²) in [4.78, 5) is 0. The van der Waals surface area contributed by atoms with Crippen molar-refractivity contribution in [1.82, 2.24) is 0 Å². The van der Waals surface area contributed by atoms with Crippen LogP contribution in [-0.2, 0) is 0 Å². The molecule has 0 saturated heterocycles. The van der Waals surface area contributed by atoms with Gasteiger partial charge in [-0.05, 0) is 112 Å². The first-order valence-electron chi connectivity index (χ1n) is 16.1. The van der Waals surface area contributed by atoms with Crippen LogP contribution in [0.15, 0.2) is 24.3 Å². The maximum absolute atomic E-state index is 2.64. The van der Waals surface area contributed by atoms with Gasteiger partial charge in [0.15, 0.2) is 0 Å². The average Bonchev–Trinajstić information content (AvgIpc) is 2.89. The Bertz CT molecular complexity index is 590. The second-order valence-corrected chi connectivity index (χ2v) is 13.2. The Morgan fingerprint density at radius 3 is 1.74 bits per heavy atom. The van der Waals surface area contributed by atoms with E-state index in [1.165, 1.54) is 103 Å². The molecule has 4 aliphatic rings. The van der Waals surface area contributed by atoms with Gasteiger partial charge in [0.05, 0.1) is 0 Å². The molecule has 0 aromatic heterocycles. The molecule has 2 unspecified atom stereocenters. The van der Waals surface area contributed by atoms with Crippen LogP contribution in [0.4, 0.5) is 0 Å². The maximum atomic E-state index is 2.64. The lowest BCUT2D eigenvalue weighted by Gasteiger charge is -2.37. The summed E-state index contributed by atoms with van der Waals surface area (Å²) in [5, 5.41) is 0. The van der Waals surface area contributed by atoms with Gasteiger partial charge in [-0.2, -0.15) is 0 Å². The van der Waals surface area contributed by atoms with Crippen molar-refractivity contribution >= 4 is 0 Å². The highest BCUT2D eigenvalue weighted by atomic mass is 14.4. The van der Waals surface area contributed by atoms with E-state index >= 15 is 0 Å². The molecule has 0 N–H and O–H groups in total. The van der Waals surface area contributed by atoms with Gasteiger partial charge in [-0.1, -0.05) is 102 Å². The molecular formula is C34H58. The Balaban J connectivity index is 1.11. The van der Waals surface area contributed by atoms with Crippen molar-refractivity contribution in [2.75, 3.05) is 0 Å². The Morgan fingerprint density at radius 1 is 0.529 bits per heavy atom. The average molecular weight is 467 g/mol. The number of hydrogen-bond donors (Lipinski definition) is 0. The third kappa shape index (κ3) is 8.00. The molecule has 0 aromatic rings. The van der Waals surface area contributed by atoms with Crippen LogP contribution in [0, 0.1) is 47.3 Å². The standard InChI is InChI=1S/C34H58/c1-3-5-6-8-28-13-21-32(22-14-28)34-25-17-30(18-26-34)10-9-29-15-23-33(24-16-29)31-19-11-27(7-4-2)12-20-31/h9-10,15,23,27-34H,3-8,11-14,16-22,24-26H2,1-2H3/b10-9+. The van der Waals surface area contributed by atoms with E-state index in [1.807, 2.05) is 0 Å². The van der Waals surface area contributed by atoms with E-state index in [-0.39, 0.29) is 0 Å². The van der Waals surface area contributed by atoms with Crippen LogP contribution < -0.4 is 0 Å². The fraction of sp³-hybridized carbons (Fsp3) is 0.882. The van der Waals surface area contributed by atoms with Crippen molar-refractivity contribution in [3.05, 3.63) is 24.3 Å². The molecule has 2 atom stereocenters. The van der Waals surface area contributed by atoms with E-state index in [2.05, 4.69) is 38.2 Å². The van der Waals surface area contributed by atoms with Crippen LogP contribution in [0.3, 0.4) is 0 Å². The normalized spacial score (nSPS) is 39.5. The summed E-state index contributed by atoms with van der Waals surface area (Å²) < 4.78 is 0. The number of unbranched alkanes of at least 4 members (excludes halogenated alkanes) is 2. The fourth-order valence-electron chi connectivity index (χ4n) is 8.47. The summed E-state index contributed by atoms with van der Waals surface area (Å²) in [5.41, 5.74) is 0. The van der Waals surface area contributed by atoms with Crippen molar-refractivity contribution in [3.63, 3.8) is 0 Å². The first-order chi connectivity index (χ1) is 16.7. The zero-order chi connectivity index (χ0) is 23.6. The van der Waals surface area contributed by atoms with Gasteiger partial charge in [-0.15, -0.1) is 0 Å². The molecular weight excluding hydrogens is 408 g/mol. The summed E-state index contributed by atoms with van der Waals surface area (Å²) in [6, 6.07) is 0. The minimum absolute atomic E-state index is 0.730. The van der Waals surface area contributed by atoms with Crippen LogP contribution in [0.25, 0.3) is 0 Å². The molecule has 0 aliphatic heterocycles. The van der Waals surface area contributed by atoms with E-state index in [0.29, 0.717) is 0 Å². The lowest BCUT2D eigenvalue weighted by atomic mass is 9.68. The maximum Gasteiger partial charge on any atom is -0.00531 e. The molecule has 194 valence electrons.